The molecule has 0 saturated heterocycles. The quantitative estimate of drug-likeness (QED) is 0.823. The van der Waals surface area contributed by atoms with Crippen LogP contribution in [0.15, 0.2) is 39.5 Å². The predicted octanol–water partition coefficient (Wildman–Crippen LogP) is 4.68. The highest BCUT2D eigenvalue weighted by atomic mass is 79.9. The van der Waals surface area contributed by atoms with Gasteiger partial charge in [0.2, 0.25) is 0 Å². The molecule has 1 fully saturated rings. The highest BCUT2D eigenvalue weighted by Gasteiger charge is 2.32. The zero-order valence-corrected chi connectivity index (χ0v) is 12.0. The van der Waals surface area contributed by atoms with Crippen LogP contribution in [0.4, 0.5) is 0 Å². The van der Waals surface area contributed by atoms with Crippen LogP contribution in [0, 0.1) is 12.8 Å². The fourth-order valence-corrected chi connectivity index (χ4v) is 3.14. The largest absolute Gasteiger partial charge is 0.364 e. The smallest absolute Gasteiger partial charge is 0.127 e. The zero-order chi connectivity index (χ0) is 12.5. The summed E-state index contributed by atoms with van der Waals surface area (Å²) in [5.74, 6) is 1.10. The van der Waals surface area contributed by atoms with Crippen LogP contribution in [0.5, 0.6) is 0 Å². The van der Waals surface area contributed by atoms with Gasteiger partial charge >= 0.3 is 0 Å². The van der Waals surface area contributed by atoms with E-state index in [4.69, 9.17) is 4.52 Å². The van der Waals surface area contributed by atoms with Gasteiger partial charge in [0.1, 0.15) is 6.26 Å². The van der Waals surface area contributed by atoms with E-state index >= 15 is 0 Å². The summed E-state index contributed by atoms with van der Waals surface area (Å²) < 4.78 is 6.27. The number of aryl methyl sites for hydroxylation is 1. The second-order valence-corrected chi connectivity index (χ2v) is 6.02. The molecule has 1 aromatic heterocycles. The Bertz CT molecular complexity index is 545. The molecule has 0 bridgehead atoms. The number of benzene rings is 1. The van der Waals surface area contributed by atoms with Crippen LogP contribution >= 0.6 is 15.9 Å². The van der Waals surface area contributed by atoms with Gasteiger partial charge in [-0.3, -0.25) is 0 Å². The molecule has 3 rings (SSSR count). The summed E-state index contributed by atoms with van der Waals surface area (Å²) in [6.07, 6.45) is 5.68. The van der Waals surface area contributed by atoms with Crippen molar-refractivity contribution in [1.29, 1.82) is 0 Å². The van der Waals surface area contributed by atoms with Crippen LogP contribution in [0.3, 0.4) is 0 Å². The minimum absolute atomic E-state index is 0.384. The van der Waals surface area contributed by atoms with Gasteiger partial charge in [0.25, 0.3) is 0 Å². The summed E-state index contributed by atoms with van der Waals surface area (Å²) in [6.45, 7) is 2.08. The Balaban J connectivity index is 2.03. The topological polar surface area (TPSA) is 26.0 Å². The summed E-state index contributed by atoms with van der Waals surface area (Å²) in [5, 5.41) is 4.23. The van der Waals surface area contributed by atoms with E-state index < -0.39 is 0 Å². The van der Waals surface area contributed by atoms with Gasteiger partial charge in [-0.1, -0.05) is 39.6 Å². The first kappa shape index (κ1) is 12.0. The van der Waals surface area contributed by atoms with E-state index in [1.807, 2.05) is 0 Å². The number of rotatable bonds is 3. The van der Waals surface area contributed by atoms with Crippen LogP contribution in [-0.2, 0) is 0 Å². The Labute approximate surface area is 116 Å². The van der Waals surface area contributed by atoms with Gasteiger partial charge in [-0.25, -0.2) is 0 Å². The average Bonchev–Trinajstić information content (AvgIpc) is 2.69. The van der Waals surface area contributed by atoms with E-state index in [2.05, 4.69) is 52.3 Å². The minimum atomic E-state index is 0.384. The average molecular weight is 306 g/mol. The molecule has 1 atom stereocenters. The van der Waals surface area contributed by atoms with Crippen molar-refractivity contribution in [1.82, 2.24) is 5.16 Å². The van der Waals surface area contributed by atoms with E-state index in [0.717, 1.165) is 15.7 Å². The van der Waals surface area contributed by atoms with Gasteiger partial charge in [-0.15, -0.1) is 0 Å². The normalized spacial score (nSPS) is 17.4. The van der Waals surface area contributed by atoms with Crippen LogP contribution in [0.1, 0.15) is 42.0 Å². The van der Waals surface area contributed by atoms with Crippen molar-refractivity contribution in [3.8, 4) is 0 Å². The van der Waals surface area contributed by atoms with Gasteiger partial charge in [0.05, 0.1) is 5.69 Å². The first-order valence-corrected chi connectivity index (χ1v) is 7.21. The van der Waals surface area contributed by atoms with Crippen molar-refractivity contribution in [2.75, 3.05) is 0 Å². The number of hydrogen-bond donors (Lipinski definition) is 0. The van der Waals surface area contributed by atoms with Crippen molar-refractivity contribution in [2.24, 2.45) is 5.92 Å². The number of aromatic nitrogens is 1. The van der Waals surface area contributed by atoms with Crippen LogP contribution in [-0.4, -0.2) is 5.16 Å². The number of halogens is 1. The summed E-state index contributed by atoms with van der Waals surface area (Å²) in [7, 11) is 0. The molecule has 1 heterocycles. The highest BCUT2D eigenvalue weighted by molar-refractivity contribution is 9.10. The lowest BCUT2D eigenvalue weighted by Crippen LogP contribution is -2.22. The van der Waals surface area contributed by atoms with Crippen molar-refractivity contribution in [2.45, 2.75) is 32.1 Å². The van der Waals surface area contributed by atoms with E-state index in [9.17, 15) is 0 Å². The summed E-state index contributed by atoms with van der Waals surface area (Å²) in [5.41, 5.74) is 3.61. The number of hydrogen-bond acceptors (Lipinski definition) is 2. The van der Waals surface area contributed by atoms with Crippen molar-refractivity contribution < 1.29 is 4.52 Å². The third kappa shape index (κ3) is 2.12. The third-order valence-electron chi connectivity index (χ3n) is 3.91. The van der Waals surface area contributed by atoms with Crippen LogP contribution in [0.2, 0.25) is 0 Å². The molecular weight excluding hydrogens is 290 g/mol. The van der Waals surface area contributed by atoms with E-state index in [0.29, 0.717) is 11.8 Å². The maximum absolute atomic E-state index is 5.14. The third-order valence-corrected chi connectivity index (χ3v) is 4.40. The lowest BCUT2D eigenvalue weighted by molar-refractivity contribution is 0.274. The van der Waals surface area contributed by atoms with Gasteiger partial charge in [-0.05, 0) is 43.4 Å². The molecule has 0 N–H and O–H groups in total. The van der Waals surface area contributed by atoms with Crippen molar-refractivity contribution >= 4 is 15.9 Å². The highest BCUT2D eigenvalue weighted by Crippen LogP contribution is 2.44. The maximum atomic E-state index is 5.14. The minimum Gasteiger partial charge on any atom is -0.364 e. The van der Waals surface area contributed by atoms with Crippen molar-refractivity contribution in [3.63, 3.8) is 0 Å². The zero-order valence-electron chi connectivity index (χ0n) is 10.4. The Morgan fingerprint density at radius 2 is 2.22 bits per heavy atom. The summed E-state index contributed by atoms with van der Waals surface area (Å²) >= 11 is 3.56. The molecule has 1 unspecified atom stereocenters. The van der Waals surface area contributed by atoms with Gasteiger partial charge in [-0.2, -0.15) is 0 Å². The molecule has 3 heteroatoms. The van der Waals surface area contributed by atoms with E-state index in [1.54, 1.807) is 6.26 Å². The molecule has 1 aromatic carbocycles. The Morgan fingerprint density at radius 3 is 2.78 bits per heavy atom. The molecule has 2 aromatic rings. The monoisotopic (exact) mass is 305 g/mol. The molecule has 1 saturated carbocycles. The maximum Gasteiger partial charge on any atom is 0.127 e. The Kier molecular flexibility index (Phi) is 3.25. The summed E-state index contributed by atoms with van der Waals surface area (Å²) in [4.78, 5) is 0. The predicted molar refractivity (Wildman–Crippen MR) is 74.6 cm³/mol. The van der Waals surface area contributed by atoms with E-state index in [-0.39, 0.29) is 0 Å². The summed E-state index contributed by atoms with van der Waals surface area (Å²) in [6, 6.07) is 8.57. The Morgan fingerprint density at radius 1 is 1.39 bits per heavy atom. The second kappa shape index (κ2) is 4.88. The lowest BCUT2D eigenvalue weighted by Gasteiger charge is -2.33. The molecule has 0 amide bonds. The molecular formula is C15H16BrNO. The number of nitrogens with zero attached hydrogens (tertiary/aromatic N) is 1. The lowest BCUT2D eigenvalue weighted by atomic mass is 9.71. The first-order valence-electron chi connectivity index (χ1n) is 6.42. The molecule has 2 nitrogen and oxygen atoms in total. The molecule has 1 aliphatic carbocycles. The van der Waals surface area contributed by atoms with Crippen LogP contribution in [0.25, 0.3) is 0 Å². The SMILES string of the molecule is Cc1conc1C(c1cccc(Br)c1)C1CCC1. The van der Waals surface area contributed by atoms with E-state index in [1.165, 1.54) is 24.8 Å². The van der Waals surface area contributed by atoms with Gasteiger partial charge in [0, 0.05) is 16.0 Å². The Hall–Kier alpha value is -1.09. The molecule has 1 aliphatic rings. The van der Waals surface area contributed by atoms with Crippen LogP contribution < -0.4 is 0 Å². The van der Waals surface area contributed by atoms with Gasteiger partial charge in [0.15, 0.2) is 0 Å². The van der Waals surface area contributed by atoms with Gasteiger partial charge < -0.3 is 4.52 Å². The van der Waals surface area contributed by atoms with Crippen molar-refractivity contribution in [3.05, 3.63) is 51.8 Å². The fraction of sp³-hybridized carbons (Fsp3) is 0.400. The molecule has 0 radical (unpaired) electrons. The molecule has 18 heavy (non-hydrogen) atoms. The molecule has 0 aliphatic heterocycles. The molecule has 0 spiro atoms. The molecule has 94 valence electrons. The second-order valence-electron chi connectivity index (χ2n) is 5.11. The standard InChI is InChI=1S/C15H16BrNO/c1-10-9-18-17-15(10)14(11-4-2-5-11)12-6-3-7-13(16)8-12/h3,6-9,11,14H,2,4-5H2,1H3. The first-order chi connectivity index (χ1) is 8.75. The fourth-order valence-electron chi connectivity index (χ4n) is 2.72.